The van der Waals surface area contributed by atoms with Crippen LogP contribution in [0.3, 0.4) is 0 Å². The Labute approximate surface area is 117 Å². The number of hydrogen-bond donors (Lipinski definition) is 1. The van der Waals surface area contributed by atoms with Gasteiger partial charge < -0.3 is 10.2 Å². The molecule has 0 radical (unpaired) electrons. The second-order valence-electron chi connectivity index (χ2n) is 6.59. The number of para-hydroxylation sites is 1. The minimum absolute atomic E-state index is 0.691. The molecular weight excluding hydrogens is 232 g/mol. The van der Waals surface area contributed by atoms with Crippen molar-refractivity contribution in [2.24, 2.45) is 11.8 Å². The van der Waals surface area contributed by atoms with Crippen LogP contribution in [0.5, 0.6) is 0 Å². The summed E-state index contributed by atoms with van der Waals surface area (Å²) < 4.78 is 0. The Balaban J connectivity index is 1.73. The first-order chi connectivity index (χ1) is 9.22. The normalized spacial score (nSPS) is 31.1. The summed E-state index contributed by atoms with van der Waals surface area (Å²) in [5, 5.41) is 3.56. The van der Waals surface area contributed by atoms with Gasteiger partial charge in [0.05, 0.1) is 0 Å². The van der Waals surface area contributed by atoms with Gasteiger partial charge in [-0.25, -0.2) is 0 Å². The quantitative estimate of drug-likeness (QED) is 0.877. The van der Waals surface area contributed by atoms with E-state index in [2.05, 4.69) is 48.3 Å². The van der Waals surface area contributed by atoms with E-state index in [4.69, 9.17) is 0 Å². The van der Waals surface area contributed by atoms with Crippen molar-refractivity contribution in [3.63, 3.8) is 0 Å². The Morgan fingerprint density at radius 2 is 2.11 bits per heavy atom. The molecule has 2 heteroatoms. The van der Waals surface area contributed by atoms with E-state index in [1.807, 2.05) is 0 Å². The van der Waals surface area contributed by atoms with Crippen LogP contribution in [0.25, 0.3) is 0 Å². The minimum atomic E-state index is 0.691. The van der Waals surface area contributed by atoms with Crippen LogP contribution in [-0.2, 0) is 6.42 Å². The highest BCUT2D eigenvalue weighted by Gasteiger charge is 2.25. The SMILES string of the molecule is CC1Cc2ccccc2N(CC2CCNC(C)C2)C1. The molecule has 0 amide bonds. The summed E-state index contributed by atoms with van der Waals surface area (Å²) in [6.45, 7) is 8.37. The van der Waals surface area contributed by atoms with E-state index in [9.17, 15) is 0 Å². The zero-order valence-electron chi connectivity index (χ0n) is 12.2. The first-order valence-electron chi connectivity index (χ1n) is 7.78. The minimum Gasteiger partial charge on any atom is -0.371 e. The van der Waals surface area contributed by atoms with Crippen LogP contribution in [0.4, 0.5) is 5.69 Å². The average Bonchev–Trinajstić information content (AvgIpc) is 2.38. The van der Waals surface area contributed by atoms with Gasteiger partial charge in [0, 0.05) is 24.8 Å². The van der Waals surface area contributed by atoms with Crippen LogP contribution < -0.4 is 10.2 Å². The summed E-state index contributed by atoms with van der Waals surface area (Å²) >= 11 is 0. The molecule has 1 aromatic carbocycles. The fraction of sp³-hybridized carbons (Fsp3) is 0.647. The third kappa shape index (κ3) is 2.94. The van der Waals surface area contributed by atoms with Gasteiger partial charge in [-0.1, -0.05) is 25.1 Å². The number of nitrogens with one attached hydrogen (secondary N) is 1. The van der Waals surface area contributed by atoms with Gasteiger partial charge in [0.25, 0.3) is 0 Å². The van der Waals surface area contributed by atoms with Gasteiger partial charge in [0.15, 0.2) is 0 Å². The number of nitrogens with zero attached hydrogens (tertiary/aromatic N) is 1. The van der Waals surface area contributed by atoms with Crippen molar-refractivity contribution in [3.05, 3.63) is 29.8 Å². The third-order valence-electron chi connectivity index (χ3n) is 4.64. The van der Waals surface area contributed by atoms with E-state index in [1.165, 1.54) is 44.6 Å². The monoisotopic (exact) mass is 258 g/mol. The summed E-state index contributed by atoms with van der Waals surface area (Å²) in [6, 6.07) is 9.68. The molecule has 0 saturated carbocycles. The molecule has 3 rings (SSSR count). The highest BCUT2D eigenvalue weighted by atomic mass is 15.1. The van der Waals surface area contributed by atoms with Gasteiger partial charge >= 0.3 is 0 Å². The standard InChI is InChI=1S/C17H26N2/c1-13-9-16-5-3-4-6-17(16)19(11-13)12-15-7-8-18-14(2)10-15/h3-6,13-15,18H,7-12H2,1-2H3. The van der Waals surface area contributed by atoms with Crippen molar-refractivity contribution in [1.29, 1.82) is 0 Å². The second-order valence-corrected chi connectivity index (χ2v) is 6.59. The lowest BCUT2D eigenvalue weighted by Gasteiger charge is -2.39. The van der Waals surface area contributed by atoms with Gasteiger partial charge in [-0.2, -0.15) is 0 Å². The van der Waals surface area contributed by atoms with E-state index < -0.39 is 0 Å². The number of rotatable bonds is 2. The summed E-state index contributed by atoms with van der Waals surface area (Å²) in [7, 11) is 0. The Kier molecular flexibility index (Phi) is 3.79. The third-order valence-corrected chi connectivity index (χ3v) is 4.64. The lowest BCUT2D eigenvalue weighted by Crippen LogP contribution is -2.43. The number of benzene rings is 1. The van der Waals surface area contributed by atoms with E-state index in [-0.39, 0.29) is 0 Å². The molecule has 0 spiro atoms. The Hall–Kier alpha value is -1.02. The van der Waals surface area contributed by atoms with Crippen LogP contribution in [0.15, 0.2) is 24.3 Å². The molecule has 19 heavy (non-hydrogen) atoms. The highest BCUT2D eigenvalue weighted by molar-refractivity contribution is 5.55. The van der Waals surface area contributed by atoms with Gasteiger partial charge in [0.2, 0.25) is 0 Å². The Bertz CT molecular complexity index is 429. The smallest absolute Gasteiger partial charge is 0.0399 e. The average molecular weight is 258 g/mol. The molecule has 104 valence electrons. The maximum absolute atomic E-state index is 3.56. The maximum Gasteiger partial charge on any atom is 0.0399 e. The van der Waals surface area contributed by atoms with Gasteiger partial charge in [-0.05, 0) is 56.2 Å². The number of piperidine rings is 1. The van der Waals surface area contributed by atoms with Crippen molar-refractivity contribution in [3.8, 4) is 0 Å². The molecule has 2 aliphatic heterocycles. The molecule has 0 aromatic heterocycles. The molecule has 2 aliphatic rings. The molecule has 2 nitrogen and oxygen atoms in total. The molecule has 2 heterocycles. The van der Waals surface area contributed by atoms with E-state index in [0.29, 0.717) is 6.04 Å². The van der Waals surface area contributed by atoms with Gasteiger partial charge in [0.1, 0.15) is 0 Å². The summed E-state index contributed by atoms with van der Waals surface area (Å²) in [4.78, 5) is 2.65. The molecule has 3 atom stereocenters. The summed E-state index contributed by atoms with van der Waals surface area (Å²) in [5.74, 6) is 1.64. The van der Waals surface area contributed by atoms with Crippen molar-refractivity contribution < 1.29 is 0 Å². The fourth-order valence-electron chi connectivity index (χ4n) is 3.79. The zero-order chi connectivity index (χ0) is 13.2. The van der Waals surface area contributed by atoms with Crippen molar-refractivity contribution >= 4 is 5.69 Å². The first-order valence-corrected chi connectivity index (χ1v) is 7.78. The number of anilines is 1. The van der Waals surface area contributed by atoms with Crippen LogP contribution in [0.2, 0.25) is 0 Å². The molecule has 3 unspecified atom stereocenters. The van der Waals surface area contributed by atoms with Gasteiger partial charge in [-0.15, -0.1) is 0 Å². The predicted molar refractivity (Wildman–Crippen MR) is 81.7 cm³/mol. The van der Waals surface area contributed by atoms with Crippen LogP contribution in [-0.4, -0.2) is 25.7 Å². The van der Waals surface area contributed by atoms with Crippen LogP contribution in [0, 0.1) is 11.8 Å². The molecule has 1 N–H and O–H groups in total. The molecule has 0 aliphatic carbocycles. The van der Waals surface area contributed by atoms with E-state index in [0.717, 1.165) is 11.8 Å². The number of fused-ring (bicyclic) bond motifs is 1. The van der Waals surface area contributed by atoms with E-state index >= 15 is 0 Å². The lowest BCUT2D eigenvalue weighted by molar-refractivity contribution is 0.311. The van der Waals surface area contributed by atoms with Crippen molar-refractivity contribution in [2.75, 3.05) is 24.5 Å². The summed E-state index contributed by atoms with van der Waals surface area (Å²) in [5.41, 5.74) is 3.04. The highest BCUT2D eigenvalue weighted by Crippen LogP contribution is 2.31. The van der Waals surface area contributed by atoms with Crippen molar-refractivity contribution in [1.82, 2.24) is 5.32 Å². The topological polar surface area (TPSA) is 15.3 Å². The molecule has 1 fully saturated rings. The second kappa shape index (κ2) is 5.54. The predicted octanol–water partition coefficient (Wildman–Crippen LogP) is 3.07. The van der Waals surface area contributed by atoms with E-state index in [1.54, 1.807) is 5.56 Å². The lowest BCUT2D eigenvalue weighted by atomic mass is 9.89. The molecule has 0 bridgehead atoms. The first kappa shape index (κ1) is 13.0. The Morgan fingerprint density at radius 1 is 1.26 bits per heavy atom. The zero-order valence-corrected chi connectivity index (χ0v) is 12.2. The summed E-state index contributed by atoms with van der Waals surface area (Å²) in [6.07, 6.45) is 3.90. The molecular formula is C17H26N2. The Morgan fingerprint density at radius 3 is 2.95 bits per heavy atom. The van der Waals surface area contributed by atoms with Gasteiger partial charge in [-0.3, -0.25) is 0 Å². The maximum atomic E-state index is 3.56. The largest absolute Gasteiger partial charge is 0.371 e. The fourth-order valence-corrected chi connectivity index (χ4v) is 3.79. The van der Waals surface area contributed by atoms with Crippen LogP contribution >= 0.6 is 0 Å². The van der Waals surface area contributed by atoms with Crippen LogP contribution in [0.1, 0.15) is 32.3 Å². The van der Waals surface area contributed by atoms with Crippen molar-refractivity contribution in [2.45, 2.75) is 39.2 Å². The molecule has 1 saturated heterocycles. The molecule has 1 aromatic rings. The number of hydrogen-bond acceptors (Lipinski definition) is 2.